The van der Waals surface area contributed by atoms with Crippen molar-refractivity contribution in [3.8, 4) is 0 Å². The Kier molecular flexibility index (Phi) is 6.50. The number of nitrogens with zero attached hydrogens (tertiary/aromatic N) is 1. The lowest BCUT2D eigenvalue weighted by Crippen LogP contribution is -2.54. The highest BCUT2D eigenvalue weighted by Crippen LogP contribution is 2.34. The Balaban J connectivity index is 2.69. The smallest absolute Gasteiger partial charge is 0.0331 e. The molecule has 1 saturated carbocycles. The molecule has 2 heteroatoms. The Morgan fingerprint density at radius 2 is 2.00 bits per heavy atom. The molecule has 0 aromatic heterocycles. The van der Waals surface area contributed by atoms with Gasteiger partial charge in [-0.05, 0) is 44.7 Å². The van der Waals surface area contributed by atoms with Gasteiger partial charge in [0.05, 0.1) is 0 Å². The highest BCUT2D eigenvalue weighted by Gasteiger charge is 2.35. The molecule has 0 aromatic rings. The Labute approximate surface area is 108 Å². The Hall–Kier alpha value is -0.0800. The summed E-state index contributed by atoms with van der Waals surface area (Å²) in [5.74, 6) is 0.897. The number of hydrogen-bond donors (Lipinski definition) is 1. The quantitative estimate of drug-likeness (QED) is 0.721. The van der Waals surface area contributed by atoms with E-state index in [2.05, 4.69) is 25.7 Å². The highest BCUT2D eigenvalue weighted by atomic mass is 15.2. The number of likely N-dealkylation sites (N-methyl/N-ethyl adjacent to an activating group) is 1. The van der Waals surface area contributed by atoms with Crippen LogP contribution in [0.2, 0.25) is 0 Å². The van der Waals surface area contributed by atoms with Crippen LogP contribution in [0.1, 0.15) is 65.7 Å². The van der Waals surface area contributed by atoms with Crippen molar-refractivity contribution in [1.29, 1.82) is 0 Å². The first-order valence-corrected chi connectivity index (χ1v) is 7.63. The molecule has 0 aromatic carbocycles. The van der Waals surface area contributed by atoms with Crippen LogP contribution in [-0.4, -0.2) is 30.1 Å². The van der Waals surface area contributed by atoms with Crippen LogP contribution in [0.25, 0.3) is 0 Å². The monoisotopic (exact) mass is 240 g/mol. The second-order valence-electron chi connectivity index (χ2n) is 5.90. The van der Waals surface area contributed by atoms with Gasteiger partial charge in [0.15, 0.2) is 0 Å². The van der Waals surface area contributed by atoms with Crippen molar-refractivity contribution < 1.29 is 0 Å². The van der Waals surface area contributed by atoms with Crippen LogP contribution in [0.4, 0.5) is 0 Å². The summed E-state index contributed by atoms with van der Waals surface area (Å²) < 4.78 is 0. The maximum Gasteiger partial charge on any atom is 0.0331 e. The van der Waals surface area contributed by atoms with E-state index in [1.165, 1.54) is 51.5 Å². The number of nitrogens with two attached hydrogens (primary N) is 1. The molecule has 102 valence electrons. The zero-order valence-electron chi connectivity index (χ0n) is 12.2. The predicted molar refractivity (Wildman–Crippen MR) is 76.2 cm³/mol. The molecule has 2 atom stereocenters. The fraction of sp³-hybridized carbons (Fsp3) is 1.00. The van der Waals surface area contributed by atoms with E-state index >= 15 is 0 Å². The zero-order chi connectivity index (χ0) is 12.7. The van der Waals surface area contributed by atoms with Crippen molar-refractivity contribution in [3.05, 3.63) is 0 Å². The lowest BCUT2D eigenvalue weighted by molar-refractivity contribution is 0.0810. The van der Waals surface area contributed by atoms with E-state index in [0.29, 0.717) is 5.54 Å². The lowest BCUT2D eigenvalue weighted by Gasteiger charge is -2.43. The van der Waals surface area contributed by atoms with Crippen molar-refractivity contribution in [1.82, 2.24) is 4.90 Å². The molecular formula is C15H32N2. The average Bonchev–Trinajstić information content (AvgIpc) is 2.53. The third kappa shape index (κ3) is 3.96. The fourth-order valence-corrected chi connectivity index (χ4v) is 3.29. The van der Waals surface area contributed by atoms with Crippen LogP contribution < -0.4 is 5.73 Å². The van der Waals surface area contributed by atoms with E-state index in [0.717, 1.165) is 19.0 Å². The van der Waals surface area contributed by atoms with E-state index < -0.39 is 0 Å². The second kappa shape index (κ2) is 7.38. The molecule has 1 aliphatic carbocycles. The summed E-state index contributed by atoms with van der Waals surface area (Å²) in [6.07, 6.45) is 9.33. The summed E-state index contributed by atoms with van der Waals surface area (Å²) in [6.45, 7) is 10.2. The molecule has 0 heterocycles. The Morgan fingerprint density at radius 1 is 1.24 bits per heavy atom. The summed E-state index contributed by atoms with van der Waals surface area (Å²) in [4.78, 5) is 2.68. The van der Waals surface area contributed by atoms with Crippen LogP contribution >= 0.6 is 0 Å². The maximum absolute atomic E-state index is 6.16. The van der Waals surface area contributed by atoms with Gasteiger partial charge < -0.3 is 5.73 Å². The fourth-order valence-electron chi connectivity index (χ4n) is 3.29. The normalized spacial score (nSPS) is 30.5. The minimum Gasteiger partial charge on any atom is -0.329 e. The summed E-state index contributed by atoms with van der Waals surface area (Å²) >= 11 is 0. The van der Waals surface area contributed by atoms with Gasteiger partial charge >= 0.3 is 0 Å². The molecule has 0 spiro atoms. The first-order valence-electron chi connectivity index (χ1n) is 7.63. The van der Waals surface area contributed by atoms with Gasteiger partial charge in [0, 0.05) is 12.1 Å². The Morgan fingerprint density at radius 3 is 2.59 bits per heavy atom. The van der Waals surface area contributed by atoms with Crippen LogP contribution in [0, 0.1) is 5.92 Å². The summed E-state index contributed by atoms with van der Waals surface area (Å²) in [5, 5.41) is 0. The first kappa shape index (κ1) is 15.0. The molecule has 0 radical (unpaired) electrons. The minimum atomic E-state index is 0.314. The van der Waals surface area contributed by atoms with Gasteiger partial charge in [-0.1, -0.05) is 40.0 Å². The molecule has 0 saturated heterocycles. The number of rotatable bonds is 6. The van der Waals surface area contributed by atoms with E-state index in [1.807, 2.05) is 0 Å². The van der Waals surface area contributed by atoms with Gasteiger partial charge in [-0.2, -0.15) is 0 Å². The number of unbranched alkanes of at least 4 members (excludes halogenated alkanes) is 1. The van der Waals surface area contributed by atoms with E-state index in [4.69, 9.17) is 5.73 Å². The van der Waals surface area contributed by atoms with Crippen LogP contribution in [-0.2, 0) is 0 Å². The van der Waals surface area contributed by atoms with Gasteiger partial charge in [0.25, 0.3) is 0 Å². The summed E-state index contributed by atoms with van der Waals surface area (Å²) in [6, 6.07) is 0. The second-order valence-corrected chi connectivity index (χ2v) is 5.90. The zero-order valence-corrected chi connectivity index (χ0v) is 12.2. The molecule has 0 amide bonds. The third-order valence-corrected chi connectivity index (χ3v) is 4.66. The van der Waals surface area contributed by atoms with Crippen LogP contribution in [0.5, 0.6) is 0 Å². The first-order chi connectivity index (χ1) is 8.18. The third-order valence-electron chi connectivity index (χ3n) is 4.66. The summed E-state index contributed by atoms with van der Waals surface area (Å²) in [7, 11) is 0. The van der Waals surface area contributed by atoms with Gasteiger partial charge in [0.2, 0.25) is 0 Å². The summed E-state index contributed by atoms with van der Waals surface area (Å²) in [5.41, 5.74) is 6.47. The molecular weight excluding hydrogens is 208 g/mol. The molecule has 17 heavy (non-hydrogen) atoms. The van der Waals surface area contributed by atoms with Crippen molar-refractivity contribution in [2.75, 3.05) is 19.6 Å². The van der Waals surface area contributed by atoms with Crippen molar-refractivity contribution in [2.24, 2.45) is 11.7 Å². The molecule has 1 fully saturated rings. The largest absolute Gasteiger partial charge is 0.329 e. The van der Waals surface area contributed by atoms with E-state index in [1.54, 1.807) is 0 Å². The highest BCUT2D eigenvalue weighted by molar-refractivity contribution is 4.93. The van der Waals surface area contributed by atoms with Gasteiger partial charge in [-0.15, -0.1) is 0 Å². The van der Waals surface area contributed by atoms with Gasteiger partial charge in [0.1, 0.15) is 0 Å². The molecule has 1 rings (SSSR count). The standard InChI is InChI=1S/C15H32N2/c1-4-6-12-17(5-2)15(13-16)10-7-8-14(3)9-11-15/h14H,4-13,16H2,1-3H3. The average molecular weight is 240 g/mol. The molecule has 0 bridgehead atoms. The number of hydrogen-bond acceptors (Lipinski definition) is 2. The van der Waals surface area contributed by atoms with Gasteiger partial charge in [-0.25, -0.2) is 0 Å². The van der Waals surface area contributed by atoms with Crippen molar-refractivity contribution in [3.63, 3.8) is 0 Å². The lowest BCUT2D eigenvalue weighted by atomic mass is 9.87. The minimum absolute atomic E-state index is 0.314. The van der Waals surface area contributed by atoms with E-state index in [-0.39, 0.29) is 0 Å². The Bertz CT molecular complexity index is 205. The van der Waals surface area contributed by atoms with Crippen molar-refractivity contribution >= 4 is 0 Å². The molecule has 1 aliphatic rings. The molecule has 2 nitrogen and oxygen atoms in total. The topological polar surface area (TPSA) is 29.3 Å². The van der Waals surface area contributed by atoms with E-state index in [9.17, 15) is 0 Å². The maximum atomic E-state index is 6.16. The van der Waals surface area contributed by atoms with Crippen LogP contribution in [0.15, 0.2) is 0 Å². The molecule has 0 aliphatic heterocycles. The molecule has 2 unspecified atom stereocenters. The van der Waals surface area contributed by atoms with Gasteiger partial charge in [-0.3, -0.25) is 4.90 Å². The SMILES string of the molecule is CCCCN(CC)C1(CN)CCCC(C)CC1. The van der Waals surface area contributed by atoms with Crippen LogP contribution in [0.3, 0.4) is 0 Å². The predicted octanol–water partition coefficient (Wildman–Crippen LogP) is 3.41. The molecule has 2 N–H and O–H groups in total. The van der Waals surface area contributed by atoms with Crippen molar-refractivity contribution in [2.45, 2.75) is 71.3 Å².